The summed E-state index contributed by atoms with van der Waals surface area (Å²) in [5.74, 6) is 0.370. The molecule has 160 valence electrons. The molecule has 0 radical (unpaired) electrons. The van der Waals surface area contributed by atoms with Gasteiger partial charge in [0.25, 0.3) is 0 Å². The van der Waals surface area contributed by atoms with Crippen molar-refractivity contribution in [3.8, 4) is 5.75 Å². The number of nitrogens with zero attached hydrogens (tertiary/aromatic N) is 2. The first-order valence-electron chi connectivity index (χ1n) is 10.2. The first kappa shape index (κ1) is 22.0. The molecular formula is C25H27N3O3. The molecule has 3 aromatic rings. The minimum atomic E-state index is -0.647. The van der Waals surface area contributed by atoms with Crippen LogP contribution >= 0.6 is 0 Å². The van der Waals surface area contributed by atoms with Crippen molar-refractivity contribution in [3.63, 3.8) is 0 Å². The fourth-order valence-electron chi connectivity index (χ4n) is 3.35. The Hall–Kier alpha value is -3.67. The van der Waals surface area contributed by atoms with Gasteiger partial charge in [0.15, 0.2) is 0 Å². The molecule has 6 heteroatoms. The summed E-state index contributed by atoms with van der Waals surface area (Å²) >= 11 is 0. The average molecular weight is 418 g/mol. The molecule has 1 aromatic heterocycles. The van der Waals surface area contributed by atoms with Crippen LogP contribution in [0.3, 0.4) is 0 Å². The predicted octanol–water partition coefficient (Wildman–Crippen LogP) is 3.37. The SMILES string of the molecule is COc1ccc(CN(C(C)=O)[C@@H](Cc2ccccc2)C(=O)NCc2ccccn2)cc1. The number of rotatable bonds is 9. The summed E-state index contributed by atoms with van der Waals surface area (Å²) < 4.78 is 5.21. The maximum atomic E-state index is 13.2. The number of aromatic nitrogens is 1. The van der Waals surface area contributed by atoms with E-state index in [-0.39, 0.29) is 11.8 Å². The number of nitrogens with one attached hydrogen (secondary N) is 1. The Balaban J connectivity index is 1.81. The lowest BCUT2D eigenvalue weighted by molar-refractivity contribution is -0.139. The lowest BCUT2D eigenvalue weighted by Crippen LogP contribution is -2.49. The van der Waals surface area contributed by atoms with Gasteiger partial charge >= 0.3 is 0 Å². The van der Waals surface area contributed by atoms with Gasteiger partial charge < -0.3 is 15.0 Å². The number of hydrogen-bond acceptors (Lipinski definition) is 4. The summed E-state index contributed by atoms with van der Waals surface area (Å²) in [6, 6.07) is 22.1. The van der Waals surface area contributed by atoms with Crippen LogP contribution in [0.1, 0.15) is 23.7 Å². The summed E-state index contributed by atoms with van der Waals surface area (Å²) in [5, 5.41) is 2.94. The zero-order valence-corrected chi connectivity index (χ0v) is 17.8. The molecule has 1 N–H and O–H groups in total. The van der Waals surface area contributed by atoms with Gasteiger partial charge in [-0.3, -0.25) is 14.6 Å². The summed E-state index contributed by atoms with van der Waals surface area (Å²) in [6.45, 7) is 2.13. The second-order valence-corrected chi connectivity index (χ2v) is 7.24. The standard InChI is InChI=1S/C25H27N3O3/c1-19(29)28(18-21-11-13-23(31-2)14-12-21)24(16-20-8-4-3-5-9-20)25(30)27-17-22-10-6-7-15-26-22/h3-15,24H,16-18H2,1-2H3,(H,27,30)/t24-/m0/s1. The van der Waals surface area contributed by atoms with Crippen molar-refractivity contribution in [2.45, 2.75) is 32.5 Å². The van der Waals surface area contributed by atoms with E-state index in [0.29, 0.717) is 19.5 Å². The highest BCUT2D eigenvalue weighted by Crippen LogP contribution is 2.17. The van der Waals surface area contributed by atoms with Gasteiger partial charge in [0.2, 0.25) is 11.8 Å². The molecule has 0 saturated carbocycles. The summed E-state index contributed by atoms with van der Waals surface area (Å²) in [5.41, 5.74) is 2.67. The molecule has 3 rings (SSSR count). The normalized spacial score (nSPS) is 11.4. The van der Waals surface area contributed by atoms with Crippen molar-refractivity contribution in [1.29, 1.82) is 0 Å². The smallest absolute Gasteiger partial charge is 0.243 e. The van der Waals surface area contributed by atoms with Crippen LogP contribution in [0.2, 0.25) is 0 Å². The fourth-order valence-corrected chi connectivity index (χ4v) is 3.35. The topological polar surface area (TPSA) is 71.5 Å². The molecule has 0 bridgehead atoms. The third-order valence-corrected chi connectivity index (χ3v) is 5.04. The van der Waals surface area contributed by atoms with Crippen molar-refractivity contribution in [2.75, 3.05) is 7.11 Å². The molecule has 0 saturated heterocycles. The number of hydrogen-bond donors (Lipinski definition) is 1. The van der Waals surface area contributed by atoms with Crippen molar-refractivity contribution < 1.29 is 14.3 Å². The van der Waals surface area contributed by atoms with Crippen LogP contribution in [0.25, 0.3) is 0 Å². The Labute approximate surface area is 182 Å². The Morgan fingerprint density at radius 2 is 1.68 bits per heavy atom. The van der Waals surface area contributed by atoms with E-state index in [1.807, 2.05) is 72.8 Å². The monoisotopic (exact) mass is 417 g/mol. The molecule has 0 aliphatic heterocycles. The molecular weight excluding hydrogens is 390 g/mol. The van der Waals surface area contributed by atoms with Gasteiger partial charge in [-0.25, -0.2) is 0 Å². The Morgan fingerprint density at radius 1 is 0.968 bits per heavy atom. The Morgan fingerprint density at radius 3 is 2.29 bits per heavy atom. The van der Waals surface area contributed by atoms with E-state index in [2.05, 4.69) is 10.3 Å². The third kappa shape index (κ3) is 6.40. The van der Waals surface area contributed by atoms with Gasteiger partial charge in [0.05, 0.1) is 19.3 Å². The van der Waals surface area contributed by atoms with Crippen LogP contribution in [0.5, 0.6) is 5.75 Å². The van der Waals surface area contributed by atoms with Crippen molar-refractivity contribution in [1.82, 2.24) is 15.2 Å². The van der Waals surface area contributed by atoms with Crippen molar-refractivity contribution in [3.05, 3.63) is 95.8 Å². The average Bonchev–Trinajstić information content (AvgIpc) is 2.81. The minimum absolute atomic E-state index is 0.162. The lowest BCUT2D eigenvalue weighted by atomic mass is 10.0. The zero-order chi connectivity index (χ0) is 22.1. The minimum Gasteiger partial charge on any atom is -0.497 e. The molecule has 0 aliphatic carbocycles. The zero-order valence-electron chi connectivity index (χ0n) is 17.8. The van der Waals surface area contributed by atoms with Crippen LogP contribution in [-0.4, -0.2) is 34.8 Å². The molecule has 1 heterocycles. The molecule has 0 fully saturated rings. The van der Waals surface area contributed by atoms with E-state index < -0.39 is 6.04 Å². The van der Waals surface area contributed by atoms with Gasteiger partial charge in [-0.2, -0.15) is 0 Å². The predicted molar refractivity (Wildman–Crippen MR) is 119 cm³/mol. The van der Waals surface area contributed by atoms with Crippen LogP contribution in [0, 0.1) is 0 Å². The molecule has 31 heavy (non-hydrogen) atoms. The highest BCUT2D eigenvalue weighted by molar-refractivity contribution is 5.87. The third-order valence-electron chi connectivity index (χ3n) is 5.04. The highest BCUT2D eigenvalue weighted by atomic mass is 16.5. The maximum absolute atomic E-state index is 13.2. The molecule has 2 aromatic carbocycles. The second kappa shape index (κ2) is 10.9. The van der Waals surface area contributed by atoms with E-state index >= 15 is 0 Å². The summed E-state index contributed by atoms with van der Waals surface area (Å²) in [6.07, 6.45) is 2.11. The number of ether oxygens (including phenoxy) is 1. The second-order valence-electron chi connectivity index (χ2n) is 7.24. The van der Waals surface area contributed by atoms with E-state index in [4.69, 9.17) is 4.74 Å². The largest absolute Gasteiger partial charge is 0.497 e. The molecule has 0 unspecified atom stereocenters. The van der Waals surface area contributed by atoms with Crippen molar-refractivity contribution in [2.24, 2.45) is 0 Å². The maximum Gasteiger partial charge on any atom is 0.243 e. The molecule has 6 nitrogen and oxygen atoms in total. The van der Waals surface area contributed by atoms with Gasteiger partial charge in [-0.1, -0.05) is 48.5 Å². The Kier molecular flexibility index (Phi) is 7.76. The number of amides is 2. The van der Waals surface area contributed by atoms with Gasteiger partial charge in [0.1, 0.15) is 11.8 Å². The molecule has 0 aliphatic rings. The van der Waals surface area contributed by atoms with E-state index in [1.165, 1.54) is 6.92 Å². The number of pyridine rings is 1. The summed E-state index contributed by atoms with van der Waals surface area (Å²) in [4.78, 5) is 31.7. The lowest BCUT2D eigenvalue weighted by Gasteiger charge is -2.30. The van der Waals surface area contributed by atoms with Crippen LogP contribution < -0.4 is 10.1 Å². The molecule has 1 atom stereocenters. The quantitative estimate of drug-likeness (QED) is 0.580. The fraction of sp³-hybridized carbons (Fsp3) is 0.240. The number of carbonyl (C=O) groups is 2. The van der Waals surface area contributed by atoms with E-state index in [1.54, 1.807) is 18.2 Å². The van der Waals surface area contributed by atoms with Crippen LogP contribution in [0.15, 0.2) is 79.0 Å². The van der Waals surface area contributed by atoms with Crippen LogP contribution in [-0.2, 0) is 29.1 Å². The highest BCUT2D eigenvalue weighted by Gasteiger charge is 2.28. The molecule has 2 amide bonds. The molecule has 0 spiro atoms. The Bertz CT molecular complexity index is 976. The van der Waals surface area contributed by atoms with Gasteiger partial charge in [0, 0.05) is 26.1 Å². The first-order chi connectivity index (χ1) is 15.1. The number of benzene rings is 2. The number of methoxy groups -OCH3 is 1. The van der Waals surface area contributed by atoms with E-state index in [0.717, 1.165) is 22.6 Å². The van der Waals surface area contributed by atoms with Gasteiger partial charge in [-0.15, -0.1) is 0 Å². The summed E-state index contributed by atoms with van der Waals surface area (Å²) in [7, 11) is 1.61. The first-order valence-corrected chi connectivity index (χ1v) is 10.2. The number of carbonyl (C=O) groups excluding carboxylic acids is 2. The van der Waals surface area contributed by atoms with Gasteiger partial charge in [-0.05, 0) is 35.4 Å². The van der Waals surface area contributed by atoms with Crippen molar-refractivity contribution >= 4 is 11.8 Å². The van der Waals surface area contributed by atoms with Crippen LogP contribution in [0.4, 0.5) is 0 Å². The van der Waals surface area contributed by atoms with E-state index in [9.17, 15) is 9.59 Å².